The van der Waals surface area contributed by atoms with Gasteiger partial charge in [-0.2, -0.15) is 5.10 Å². The highest BCUT2D eigenvalue weighted by molar-refractivity contribution is 5.87. The quantitative estimate of drug-likeness (QED) is 0.624. The molecule has 1 aliphatic carbocycles. The van der Waals surface area contributed by atoms with Crippen molar-refractivity contribution < 1.29 is 23.1 Å². The molecular formula is C22H19F3N2O2. The van der Waals surface area contributed by atoms with Gasteiger partial charge in [-0.25, -0.2) is 22.6 Å². The van der Waals surface area contributed by atoms with E-state index in [9.17, 15) is 23.1 Å². The minimum atomic E-state index is -1.18. The third kappa shape index (κ3) is 3.77. The summed E-state index contributed by atoms with van der Waals surface area (Å²) < 4.78 is 42.5. The van der Waals surface area contributed by atoms with Crippen LogP contribution in [0.5, 0.6) is 0 Å². The molecule has 0 radical (unpaired) electrons. The lowest BCUT2D eigenvalue weighted by molar-refractivity contribution is 0.0688. The lowest BCUT2D eigenvalue weighted by atomic mass is 9.91. The van der Waals surface area contributed by atoms with Gasteiger partial charge in [-0.05, 0) is 55.5 Å². The van der Waals surface area contributed by atoms with E-state index >= 15 is 0 Å². The molecule has 1 heterocycles. The van der Waals surface area contributed by atoms with E-state index in [1.165, 1.54) is 22.9 Å². The molecule has 1 N–H and O–H groups in total. The second-order valence-electron chi connectivity index (χ2n) is 7.30. The van der Waals surface area contributed by atoms with Crippen molar-refractivity contribution in [2.24, 2.45) is 0 Å². The first-order valence-electron chi connectivity index (χ1n) is 9.49. The lowest BCUT2D eigenvalue weighted by Gasteiger charge is -2.19. The van der Waals surface area contributed by atoms with Crippen molar-refractivity contribution in [1.29, 1.82) is 0 Å². The first-order chi connectivity index (χ1) is 13.9. The van der Waals surface area contributed by atoms with E-state index in [0.29, 0.717) is 24.1 Å². The second kappa shape index (κ2) is 7.73. The fourth-order valence-corrected chi connectivity index (χ4v) is 4.07. The summed E-state index contributed by atoms with van der Waals surface area (Å²) in [5, 5.41) is 13.8. The van der Waals surface area contributed by atoms with Crippen LogP contribution in [0.2, 0.25) is 0 Å². The van der Waals surface area contributed by atoms with Gasteiger partial charge in [-0.3, -0.25) is 0 Å². The third-order valence-corrected chi connectivity index (χ3v) is 5.38. The van der Waals surface area contributed by atoms with E-state index in [4.69, 9.17) is 0 Å². The predicted octanol–water partition coefficient (Wildman–Crippen LogP) is 5.04. The molecule has 0 fully saturated rings. The number of rotatable bonds is 4. The lowest BCUT2D eigenvalue weighted by Crippen LogP contribution is -2.12. The van der Waals surface area contributed by atoms with Gasteiger partial charge in [0, 0.05) is 17.5 Å². The van der Waals surface area contributed by atoms with E-state index < -0.39 is 17.6 Å². The molecule has 29 heavy (non-hydrogen) atoms. The summed E-state index contributed by atoms with van der Waals surface area (Å²) in [5.41, 5.74) is 2.03. The van der Waals surface area contributed by atoms with Gasteiger partial charge < -0.3 is 5.11 Å². The van der Waals surface area contributed by atoms with Crippen LogP contribution in [-0.2, 0) is 12.8 Å². The number of benzene rings is 2. The molecule has 2 aromatic carbocycles. The van der Waals surface area contributed by atoms with Gasteiger partial charge in [0.15, 0.2) is 11.5 Å². The maximum absolute atomic E-state index is 14.5. The number of nitrogens with zero attached hydrogens (tertiary/aromatic N) is 2. The smallest absolute Gasteiger partial charge is 0.356 e. The van der Waals surface area contributed by atoms with Crippen LogP contribution in [-0.4, -0.2) is 20.9 Å². The number of aromatic nitrogens is 2. The van der Waals surface area contributed by atoms with Crippen molar-refractivity contribution in [3.63, 3.8) is 0 Å². The SMILES string of the molecule is O=C(O)c1nn(-c2ccc(F)cc2F)c2c1CCCCC2Cc1ccc(F)cc1. The number of hydrogen-bond donors (Lipinski definition) is 1. The van der Waals surface area contributed by atoms with Gasteiger partial charge in [-0.15, -0.1) is 0 Å². The summed E-state index contributed by atoms with van der Waals surface area (Å²) in [7, 11) is 0. The molecule has 1 unspecified atom stereocenters. The van der Waals surface area contributed by atoms with Crippen molar-refractivity contribution >= 4 is 5.97 Å². The summed E-state index contributed by atoms with van der Waals surface area (Å²) in [4.78, 5) is 11.8. The molecule has 4 nitrogen and oxygen atoms in total. The Kier molecular flexibility index (Phi) is 5.13. The first kappa shape index (κ1) is 19.2. The fraction of sp³-hybridized carbons (Fsp3) is 0.273. The molecule has 1 atom stereocenters. The standard InChI is InChI=1S/C22H19F3N2O2/c23-15-7-5-13(6-8-15)11-14-3-1-2-4-17-20(22(28)29)26-27(21(14)17)19-10-9-16(24)12-18(19)25/h5-10,12,14H,1-4,11H2,(H,28,29). The molecule has 7 heteroatoms. The van der Waals surface area contributed by atoms with Gasteiger partial charge in [0.2, 0.25) is 0 Å². The molecule has 0 saturated heterocycles. The van der Waals surface area contributed by atoms with Crippen LogP contribution in [0.4, 0.5) is 13.2 Å². The van der Waals surface area contributed by atoms with Crippen molar-refractivity contribution in [2.75, 3.05) is 0 Å². The fourth-order valence-electron chi connectivity index (χ4n) is 4.07. The van der Waals surface area contributed by atoms with E-state index in [0.717, 1.165) is 37.0 Å². The normalized spacial score (nSPS) is 16.3. The molecule has 150 valence electrons. The first-order valence-corrected chi connectivity index (χ1v) is 9.49. The number of hydrogen-bond acceptors (Lipinski definition) is 2. The Morgan fingerprint density at radius 3 is 2.48 bits per heavy atom. The van der Waals surface area contributed by atoms with Crippen LogP contribution < -0.4 is 0 Å². The molecule has 1 aliphatic rings. The zero-order valence-corrected chi connectivity index (χ0v) is 15.5. The zero-order valence-electron chi connectivity index (χ0n) is 15.5. The Morgan fingerprint density at radius 2 is 1.79 bits per heavy atom. The van der Waals surface area contributed by atoms with Crippen molar-refractivity contribution in [3.05, 3.63) is 82.4 Å². The van der Waals surface area contributed by atoms with Gasteiger partial charge in [0.1, 0.15) is 17.3 Å². The Hall–Kier alpha value is -3.09. The molecule has 0 spiro atoms. The van der Waals surface area contributed by atoms with Crippen LogP contribution in [0.3, 0.4) is 0 Å². The van der Waals surface area contributed by atoms with Crippen LogP contribution in [0.25, 0.3) is 5.69 Å². The average Bonchev–Trinajstić information content (AvgIpc) is 2.93. The highest BCUT2D eigenvalue weighted by atomic mass is 19.1. The molecule has 4 rings (SSSR count). The van der Waals surface area contributed by atoms with Crippen molar-refractivity contribution in [1.82, 2.24) is 9.78 Å². The maximum atomic E-state index is 14.5. The van der Waals surface area contributed by atoms with Crippen molar-refractivity contribution in [3.8, 4) is 5.69 Å². The van der Waals surface area contributed by atoms with Gasteiger partial charge in [0.05, 0.1) is 5.69 Å². The third-order valence-electron chi connectivity index (χ3n) is 5.38. The summed E-state index contributed by atoms with van der Waals surface area (Å²) in [6.45, 7) is 0. The summed E-state index contributed by atoms with van der Waals surface area (Å²) in [5.74, 6) is -3.15. The van der Waals surface area contributed by atoms with E-state index in [2.05, 4.69) is 5.10 Å². The predicted molar refractivity (Wildman–Crippen MR) is 101 cm³/mol. The number of carboxylic acids is 1. The van der Waals surface area contributed by atoms with Crippen LogP contribution >= 0.6 is 0 Å². The van der Waals surface area contributed by atoms with Crippen LogP contribution in [0, 0.1) is 17.5 Å². The Balaban J connectivity index is 1.86. The topological polar surface area (TPSA) is 55.1 Å². The minimum Gasteiger partial charge on any atom is -0.476 e. The maximum Gasteiger partial charge on any atom is 0.356 e. The van der Waals surface area contributed by atoms with Gasteiger partial charge in [-0.1, -0.05) is 18.6 Å². The minimum absolute atomic E-state index is 0.0150. The zero-order chi connectivity index (χ0) is 20.5. The Bertz CT molecular complexity index is 1060. The average molecular weight is 400 g/mol. The summed E-state index contributed by atoms with van der Waals surface area (Å²) >= 11 is 0. The molecular weight excluding hydrogens is 381 g/mol. The second-order valence-corrected chi connectivity index (χ2v) is 7.30. The molecule has 0 saturated carbocycles. The number of halogens is 3. The van der Waals surface area contributed by atoms with Crippen LogP contribution in [0.15, 0.2) is 42.5 Å². The van der Waals surface area contributed by atoms with Crippen LogP contribution in [0.1, 0.15) is 52.5 Å². The highest BCUT2D eigenvalue weighted by Gasteiger charge is 2.31. The number of aromatic carboxylic acids is 1. The van der Waals surface area contributed by atoms with E-state index in [1.54, 1.807) is 12.1 Å². The monoisotopic (exact) mass is 400 g/mol. The van der Waals surface area contributed by atoms with Crippen molar-refractivity contribution in [2.45, 2.75) is 38.0 Å². The van der Waals surface area contributed by atoms with Gasteiger partial charge in [0.25, 0.3) is 0 Å². The van der Waals surface area contributed by atoms with E-state index in [1.807, 2.05) is 0 Å². The molecule has 0 aliphatic heterocycles. The molecule has 1 aromatic heterocycles. The summed E-state index contributed by atoms with van der Waals surface area (Å²) in [6.07, 6.45) is 3.51. The summed E-state index contributed by atoms with van der Waals surface area (Å²) in [6, 6.07) is 9.30. The molecule has 0 bridgehead atoms. The highest BCUT2D eigenvalue weighted by Crippen LogP contribution is 2.37. The van der Waals surface area contributed by atoms with E-state index in [-0.39, 0.29) is 23.1 Å². The molecule has 0 amide bonds. The molecule has 3 aromatic rings. The Labute approximate surface area is 165 Å². The number of carbonyl (C=O) groups is 1. The number of carboxylic acid groups (broad SMARTS) is 1. The van der Waals surface area contributed by atoms with Gasteiger partial charge >= 0.3 is 5.97 Å². The number of fused-ring (bicyclic) bond motifs is 1. The largest absolute Gasteiger partial charge is 0.476 e. The Morgan fingerprint density at radius 1 is 1.07 bits per heavy atom.